The Morgan fingerprint density at radius 3 is 2.58 bits per heavy atom. The molecule has 2 aliphatic heterocycles. The minimum atomic E-state index is -0.433. The van der Waals surface area contributed by atoms with Crippen LogP contribution in [0.25, 0.3) is 28.0 Å². The first-order valence-electron chi connectivity index (χ1n) is 16.5. The van der Waals surface area contributed by atoms with Crippen molar-refractivity contribution in [1.29, 1.82) is 0 Å². The van der Waals surface area contributed by atoms with Gasteiger partial charge in [-0.25, -0.2) is 14.8 Å². The molecular formula is C37H34BrN9O3. The van der Waals surface area contributed by atoms with Crippen molar-refractivity contribution in [2.75, 3.05) is 13.1 Å². The maximum atomic E-state index is 14.4. The molecule has 3 aromatic heterocycles. The Labute approximate surface area is 295 Å². The molecule has 50 heavy (non-hydrogen) atoms. The molecular weight excluding hydrogens is 698 g/mol. The van der Waals surface area contributed by atoms with Crippen LogP contribution in [0.2, 0.25) is 0 Å². The van der Waals surface area contributed by atoms with Crippen molar-refractivity contribution < 1.29 is 9.59 Å². The van der Waals surface area contributed by atoms with Crippen LogP contribution in [0.1, 0.15) is 50.6 Å². The Bertz CT molecular complexity index is 2340. The number of aromatic nitrogens is 6. The van der Waals surface area contributed by atoms with E-state index in [0.29, 0.717) is 22.8 Å². The van der Waals surface area contributed by atoms with Crippen LogP contribution in [-0.2, 0) is 19.6 Å². The summed E-state index contributed by atoms with van der Waals surface area (Å²) in [5.74, 6) is -0.0484. The Hall–Kier alpha value is -5.40. The van der Waals surface area contributed by atoms with E-state index < -0.39 is 5.91 Å². The summed E-state index contributed by atoms with van der Waals surface area (Å²) in [6.45, 7) is 6.06. The summed E-state index contributed by atoms with van der Waals surface area (Å²) < 4.78 is 6.02. The van der Waals surface area contributed by atoms with Crippen LogP contribution in [-0.4, -0.2) is 64.7 Å². The van der Waals surface area contributed by atoms with Crippen molar-refractivity contribution in [3.05, 3.63) is 128 Å². The highest BCUT2D eigenvalue weighted by Crippen LogP contribution is 2.28. The van der Waals surface area contributed by atoms with Gasteiger partial charge in [-0.1, -0.05) is 40.2 Å². The maximum absolute atomic E-state index is 14.4. The van der Waals surface area contributed by atoms with E-state index >= 15 is 0 Å². The maximum Gasteiger partial charge on any atom is 0.333 e. The fourth-order valence-electron chi connectivity index (χ4n) is 6.81. The van der Waals surface area contributed by atoms with Gasteiger partial charge in [0, 0.05) is 65.6 Å². The molecule has 0 bridgehead atoms. The average Bonchev–Trinajstić information content (AvgIpc) is 3.65. The van der Waals surface area contributed by atoms with Crippen LogP contribution >= 0.6 is 15.9 Å². The monoisotopic (exact) mass is 731 g/mol. The lowest BCUT2D eigenvalue weighted by Gasteiger charge is -2.34. The number of fused-ring (bicyclic) bond motifs is 2. The predicted octanol–water partition coefficient (Wildman–Crippen LogP) is 4.64. The van der Waals surface area contributed by atoms with Gasteiger partial charge in [0.05, 0.1) is 35.7 Å². The third-order valence-electron chi connectivity index (χ3n) is 9.63. The van der Waals surface area contributed by atoms with Crippen molar-refractivity contribution in [2.24, 2.45) is 0 Å². The van der Waals surface area contributed by atoms with E-state index in [2.05, 4.69) is 41.6 Å². The summed E-state index contributed by atoms with van der Waals surface area (Å²) in [5.41, 5.74) is 4.94. The number of hydrogen-bond acceptors (Lipinski definition) is 7. The summed E-state index contributed by atoms with van der Waals surface area (Å²) in [6.07, 6.45) is 5.15. The molecule has 13 heteroatoms. The van der Waals surface area contributed by atoms with Gasteiger partial charge < -0.3 is 15.5 Å². The number of hydrogen-bond donors (Lipinski definition) is 2. The fourth-order valence-corrected chi connectivity index (χ4v) is 7.06. The lowest BCUT2D eigenvalue weighted by atomic mass is 10.1. The molecule has 0 saturated carbocycles. The molecule has 6 aromatic rings. The molecule has 3 aromatic carbocycles. The number of carbonyl (C=O) groups excluding carboxylic acids is 2. The molecule has 0 spiro atoms. The second-order valence-corrected chi connectivity index (χ2v) is 13.7. The minimum Gasteiger partial charge on any atom is -0.347 e. The number of imidazole rings is 1. The first kappa shape index (κ1) is 31.8. The van der Waals surface area contributed by atoms with Gasteiger partial charge in [-0.2, -0.15) is 5.10 Å². The average molecular weight is 733 g/mol. The highest BCUT2D eigenvalue weighted by Gasteiger charge is 2.35. The van der Waals surface area contributed by atoms with Crippen molar-refractivity contribution in [3.8, 4) is 17.1 Å². The molecule has 0 radical (unpaired) electrons. The number of amides is 2. The van der Waals surface area contributed by atoms with Gasteiger partial charge in [-0.15, -0.1) is 0 Å². The lowest BCUT2D eigenvalue weighted by Crippen LogP contribution is -2.47. The van der Waals surface area contributed by atoms with Gasteiger partial charge in [-0.05, 0) is 67.4 Å². The second-order valence-electron chi connectivity index (χ2n) is 12.8. The summed E-state index contributed by atoms with van der Waals surface area (Å²) in [7, 11) is 0. The number of nitrogens with zero attached hydrogens (tertiary/aromatic N) is 7. The van der Waals surface area contributed by atoms with Crippen LogP contribution in [0.3, 0.4) is 0 Å². The van der Waals surface area contributed by atoms with Gasteiger partial charge in [0.1, 0.15) is 5.69 Å². The normalized spacial score (nSPS) is 15.9. The van der Waals surface area contributed by atoms with E-state index in [-0.39, 0.29) is 49.0 Å². The van der Waals surface area contributed by atoms with E-state index in [9.17, 15) is 14.4 Å². The third-order valence-corrected chi connectivity index (χ3v) is 10.5. The van der Waals surface area contributed by atoms with E-state index in [0.717, 1.165) is 45.2 Å². The van der Waals surface area contributed by atoms with Crippen molar-refractivity contribution in [2.45, 2.75) is 45.6 Å². The number of benzene rings is 3. The summed E-state index contributed by atoms with van der Waals surface area (Å²) in [5, 5.41) is 11.8. The first-order valence-corrected chi connectivity index (χ1v) is 17.3. The highest BCUT2D eigenvalue weighted by atomic mass is 79.9. The zero-order valence-corrected chi connectivity index (χ0v) is 29.1. The van der Waals surface area contributed by atoms with E-state index in [4.69, 9.17) is 0 Å². The van der Waals surface area contributed by atoms with Crippen molar-refractivity contribution in [3.63, 3.8) is 0 Å². The summed E-state index contributed by atoms with van der Waals surface area (Å²) >= 11 is 3.52. The predicted molar refractivity (Wildman–Crippen MR) is 192 cm³/mol. The fraction of sp³-hybridized carbons (Fsp3) is 0.243. The lowest BCUT2D eigenvalue weighted by molar-refractivity contribution is 0.0610. The number of aryl methyl sites for hydroxylation is 1. The van der Waals surface area contributed by atoms with Crippen molar-refractivity contribution in [1.82, 2.24) is 44.4 Å². The molecule has 2 N–H and O–H groups in total. The molecule has 252 valence electrons. The van der Waals surface area contributed by atoms with E-state index in [1.54, 1.807) is 40.2 Å². The van der Waals surface area contributed by atoms with Crippen molar-refractivity contribution >= 4 is 38.6 Å². The summed E-state index contributed by atoms with van der Waals surface area (Å²) in [4.78, 5) is 53.2. The minimum absolute atomic E-state index is 0.0867. The number of rotatable bonds is 7. The number of halogens is 1. The van der Waals surface area contributed by atoms with E-state index in [1.807, 2.05) is 73.1 Å². The molecule has 0 unspecified atom stereocenters. The van der Waals surface area contributed by atoms with Crippen LogP contribution in [0.5, 0.6) is 0 Å². The molecule has 0 aliphatic carbocycles. The van der Waals surface area contributed by atoms with Crippen LogP contribution in [0.4, 0.5) is 0 Å². The van der Waals surface area contributed by atoms with Crippen LogP contribution < -0.4 is 16.3 Å². The largest absolute Gasteiger partial charge is 0.347 e. The second kappa shape index (κ2) is 12.8. The van der Waals surface area contributed by atoms with Gasteiger partial charge in [0.25, 0.3) is 11.8 Å². The SMILES string of the molecule is Cc1cc(C(=O)N2Cc3c(C(=O)NCc4ccccc4-c4ncccn4)n(-c4ccc5c(cnn5C5CNC5)c4)c(=O)n3C[C@H]2C)ccc1Br. The third kappa shape index (κ3) is 5.52. The molecule has 12 nitrogen and oxygen atoms in total. The molecule has 1 saturated heterocycles. The topological polar surface area (TPSA) is 132 Å². The molecule has 1 atom stereocenters. The molecule has 8 rings (SSSR count). The van der Waals surface area contributed by atoms with Gasteiger partial charge >= 0.3 is 5.69 Å². The van der Waals surface area contributed by atoms with Crippen LogP contribution in [0.15, 0.2) is 94.6 Å². The quantitative estimate of drug-likeness (QED) is 0.245. The number of carbonyl (C=O) groups is 2. The molecule has 2 aliphatic rings. The smallest absolute Gasteiger partial charge is 0.333 e. The van der Waals surface area contributed by atoms with Crippen LogP contribution in [0, 0.1) is 6.92 Å². The number of nitrogens with one attached hydrogen (secondary N) is 2. The first-order chi connectivity index (χ1) is 24.3. The molecule has 5 heterocycles. The zero-order valence-electron chi connectivity index (χ0n) is 27.5. The highest BCUT2D eigenvalue weighted by molar-refractivity contribution is 9.10. The summed E-state index contributed by atoms with van der Waals surface area (Å²) in [6, 6.07) is 20.6. The van der Waals surface area contributed by atoms with E-state index in [1.165, 1.54) is 4.57 Å². The van der Waals surface area contributed by atoms with Gasteiger partial charge in [0.2, 0.25) is 0 Å². The Morgan fingerprint density at radius 1 is 1.02 bits per heavy atom. The Kier molecular flexibility index (Phi) is 8.16. The van der Waals surface area contributed by atoms with Gasteiger partial charge in [0.15, 0.2) is 5.82 Å². The Morgan fingerprint density at radius 2 is 1.82 bits per heavy atom. The Balaban J connectivity index is 1.20. The molecule has 2 amide bonds. The van der Waals surface area contributed by atoms with Gasteiger partial charge in [-0.3, -0.25) is 23.4 Å². The molecule has 1 fully saturated rings. The standard InChI is InChI=1S/C37H34BrN9O3/c1-22-14-24(8-10-30(22)38)36(49)44-21-32-33(35(48)42-16-25-6-3-4-7-29(25)34-40-12-5-13-41-34)46(37(50)45(32)20-23(44)2)27-9-11-31-26(15-27)17-43-47(31)28-18-39-19-28/h3-15,17,23,28,39H,16,18-21H2,1-2H3,(H,42,48)/t23-/m1/s1. The zero-order chi connectivity index (χ0) is 34.5.